The zero-order valence-corrected chi connectivity index (χ0v) is 24.3. The smallest absolute Gasteiger partial charge is 0.414 e. The van der Waals surface area contributed by atoms with E-state index in [1.165, 1.54) is 19.3 Å². The van der Waals surface area contributed by atoms with E-state index in [-0.39, 0.29) is 36.2 Å². The van der Waals surface area contributed by atoms with Gasteiger partial charge in [-0.1, -0.05) is 63.6 Å². The molecular formula is C33H43N3O5. The zero-order valence-electron chi connectivity index (χ0n) is 24.3. The lowest BCUT2D eigenvalue weighted by atomic mass is 9.91. The van der Waals surface area contributed by atoms with Crippen LogP contribution in [-0.2, 0) is 16.0 Å². The molecule has 8 nitrogen and oxygen atoms in total. The van der Waals surface area contributed by atoms with Crippen molar-refractivity contribution in [2.75, 3.05) is 11.5 Å². The van der Waals surface area contributed by atoms with Crippen LogP contribution in [0.15, 0.2) is 54.6 Å². The summed E-state index contributed by atoms with van der Waals surface area (Å²) < 4.78 is 5.29. The van der Waals surface area contributed by atoms with E-state index >= 15 is 0 Å². The molecular weight excluding hydrogens is 518 g/mol. The molecule has 3 amide bonds. The van der Waals surface area contributed by atoms with Crippen LogP contribution in [0, 0.1) is 23.7 Å². The predicted octanol–water partition coefficient (Wildman–Crippen LogP) is 4.70. The van der Waals surface area contributed by atoms with Gasteiger partial charge in [-0.05, 0) is 73.6 Å². The van der Waals surface area contributed by atoms with Gasteiger partial charge in [-0.25, -0.2) is 4.79 Å². The zero-order chi connectivity index (χ0) is 29.1. The Bertz CT molecular complexity index is 1230. The Labute approximate surface area is 242 Å². The van der Waals surface area contributed by atoms with Gasteiger partial charge in [0.1, 0.15) is 6.61 Å². The fraction of sp³-hybridized carbons (Fsp3) is 0.545. The summed E-state index contributed by atoms with van der Waals surface area (Å²) in [5.74, 6) is 0.739. The van der Waals surface area contributed by atoms with Crippen molar-refractivity contribution < 1.29 is 24.2 Å². The van der Waals surface area contributed by atoms with Crippen molar-refractivity contribution in [1.29, 1.82) is 0 Å². The second kappa shape index (κ2) is 12.6. The third-order valence-corrected chi connectivity index (χ3v) is 9.25. The summed E-state index contributed by atoms with van der Waals surface area (Å²) in [6.45, 7) is 6.22. The average Bonchev–Trinajstić information content (AvgIpc) is 3.69. The van der Waals surface area contributed by atoms with E-state index in [0.717, 1.165) is 17.9 Å². The number of nitrogens with zero attached hydrogens (tertiary/aromatic N) is 1. The summed E-state index contributed by atoms with van der Waals surface area (Å²) in [7, 11) is 0. The van der Waals surface area contributed by atoms with Gasteiger partial charge in [0.25, 0.3) is 5.91 Å². The molecule has 2 aliphatic carbocycles. The maximum atomic E-state index is 13.5. The second-order valence-electron chi connectivity index (χ2n) is 12.6. The molecule has 0 spiro atoms. The molecule has 1 aliphatic heterocycles. The third-order valence-electron chi connectivity index (χ3n) is 9.25. The lowest BCUT2D eigenvalue weighted by Gasteiger charge is -2.28. The van der Waals surface area contributed by atoms with Gasteiger partial charge in [-0.3, -0.25) is 14.5 Å². The van der Waals surface area contributed by atoms with E-state index in [9.17, 15) is 19.5 Å². The van der Waals surface area contributed by atoms with E-state index in [1.54, 1.807) is 29.2 Å². The van der Waals surface area contributed by atoms with Crippen molar-refractivity contribution in [2.24, 2.45) is 23.7 Å². The SMILES string of the molecule is CC(C)[C@H]1COC(=O)N1c1cccc(C(=O)NC(Cc2ccccc2)[C@@H](O)C[C@@H](C)C(=O)NC2CC3CCC2C3)c1. The van der Waals surface area contributed by atoms with E-state index < -0.39 is 24.2 Å². The Balaban J connectivity index is 1.27. The fourth-order valence-corrected chi connectivity index (χ4v) is 6.80. The average molecular weight is 562 g/mol. The number of carbonyl (C=O) groups is 3. The van der Waals surface area contributed by atoms with Gasteiger partial charge in [0.05, 0.1) is 18.2 Å². The molecule has 1 saturated heterocycles. The number of nitrogens with one attached hydrogen (secondary N) is 2. The first kappa shape index (κ1) is 29.1. The quantitative estimate of drug-likeness (QED) is 0.369. The Morgan fingerprint density at radius 2 is 1.83 bits per heavy atom. The number of carbonyl (C=O) groups excluding carboxylic acids is 3. The summed E-state index contributed by atoms with van der Waals surface area (Å²) >= 11 is 0. The number of aliphatic hydroxyl groups excluding tert-OH is 1. The van der Waals surface area contributed by atoms with Gasteiger partial charge in [-0.15, -0.1) is 0 Å². The first-order chi connectivity index (χ1) is 19.7. The number of fused-ring (bicyclic) bond motifs is 2. The molecule has 3 aliphatic rings. The highest BCUT2D eigenvalue weighted by molar-refractivity contribution is 5.97. The Hall–Kier alpha value is -3.39. The largest absolute Gasteiger partial charge is 0.447 e. The summed E-state index contributed by atoms with van der Waals surface area (Å²) in [6, 6.07) is 16.2. The maximum absolute atomic E-state index is 13.5. The molecule has 7 atom stereocenters. The molecule has 0 radical (unpaired) electrons. The van der Waals surface area contributed by atoms with E-state index in [4.69, 9.17) is 4.74 Å². The standard InChI is InChI=1S/C33H43N3O5/c1-20(2)29-19-41-33(40)36(29)26-11-7-10-25(18-26)32(39)35-28(16-22-8-5-4-6-9-22)30(37)14-21(3)31(38)34-27-17-23-12-13-24(27)15-23/h4-11,18,20-21,23-24,27-30,37H,12-17,19H2,1-3H3,(H,34,38)(H,35,39)/t21-,23?,24?,27?,28?,29-,30+/m1/s1. The Morgan fingerprint density at radius 3 is 2.51 bits per heavy atom. The highest BCUT2D eigenvalue weighted by Gasteiger charge is 2.41. The first-order valence-corrected chi connectivity index (χ1v) is 15.1. The van der Waals surface area contributed by atoms with Crippen molar-refractivity contribution in [1.82, 2.24) is 10.6 Å². The van der Waals surface area contributed by atoms with Crippen LogP contribution in [0.4, 0.5) is 10.5 Å². The number of hydrogen-bond donors (Lipinski definition) is 3. The summed E-state index contributed by atoms with van der Waals surface area (Å²) in [5.41, 5.74) is 1.96. The molecule has 5 rings (SSSR count). The number of benzene rings is 2. The number of ether oxygens (including phenoxy) is 1. The van der Waals surface area contributed by atoms with Crippen LogP contribution in [0.3, 0.4) is 0 Å². The Morgan fingerprint density at radius 1 is 1.05 bits per heavy atom. The van der Waals surface area contributed by atoms with Crippen LogP contribution >= 0.6 is 0 Å². The topological polar surface area (TPSA) is 108 Å². The summed E-state index contributed by atoms with van der Waals surface area (Å²) in [6.07, 6.45) is 4.04. The normalized spacial score (nSPS) is 25.6. The van der Waals surface area contributed by atoms with Crippen LogP contribution in [0.1, 0.15) is 68.8 Å². The predicted molar refractivity (Wildman–Crippen MR) is 157 cm³/mol. The van der Waals surface area contributed by atoms with Gasteiger partial charge >= 0.3 is 6.09 Å². The van der Waals surface area contributed by atoms with Gasteiger partial charge in [0.15, 0.2) is 0 Å². The van der Waals surface area contributed by atoms with Gasteiger partial charge < -0.3 is 20.5 Å². The van der Waals surface area contributed by atoms with E-state index in [0.29, 0.717) is 30.2 Å². The number of rotatable bonds is 11. The molecule has 2 bridgehead atoms. The van der Waals surface area contributed by atoms with Gasteiger partial charge in [0.2, 0.25) is 5.91 Å². The molecule has 2 aromatic rings. The molecule has 4 unspecified atom stereocenters. The fourth-order valence-electron chi connectivity index (χ4n) is 6.80. The number of amides is 3. The number of aliphatic hydroxyl groups is 1. The molecule has 8 heteroatoms. The van der Waals surface area contributed by atoms with Crippen LogP contribution in [0.2, 0.25) is 0 Å². The highest BCUT2D eigenvalue weighted by atomic mass is 16.6. The molecule has 0 aromatic heterocycles. The molecule has 220 valence electrons. The number of hydrogen-bond acceptors (Lipinski definition) is 5. The van der Waals surface area contributed by atoms with E-state index in [1.807, 2.05) is 51.1 Å². The van der Waals surface area contributed by atoms with Crippen molar-refractivity contribution in [3.05, 3.63) is 65.7 Å². The van der Waals surface area contributed by atoms with Crippen molar-refractivity contribution in [2.45, 2.75) is 83.5 Å². The monoisotopic (exact) mass is 561 g/mol. The van der Waals surface area contributed by atoms with Crippen molar-refractivity contribution in [3.8, 4) is 0 Å². The molecule has 2 aromatic carbocycles. The minimum absolute atomic E-state index is 0.0312. The van der Waals surface area contributed by atoms with Crippen molar-refractivity contribution in [3.63, 3.8) is 0 Å². The Kier molecular flexibility index (Phi) is 8.97. The third kappa shape index (κ3) is 6.75. The number of cyclic esters (lactones) is 1. The number of anilines is 1. The van der Waals surface area contributed by atoms with Gasteiger partial charge in [-0.2, -0.15) is 0 Å². The minimum atomic E-state index is -0.929. The van der Waals surface area contributed by atoms with Gasteiger partial charge in [0, 0.05) is 23.2 Å². The molecule has 41 heavy (non-hydrogen) atoms. The second-order valence-corrected chi connectivity index (χ2v) is 12.6. The lowest BCUT2D eigenvalue weighted by Crippen LogP contribution is -2.47. The first-order valence-electron chi connectivity index (χ1n) is 15.1. The van der Waals surface area contributed by atoms with Crippen LogP contribution in [-0.4, -0.2) is 53.9 Å². The van der Waals surface area contributed by atoms with E-state index in [2.05, 4.69) is 10.6 Å². The van der Waals surface area contributed by atoms with Crippen LogP contribution in [0.5, 0.6) is 0 Å². The van der Waals surface area contributed by atoms with Crippen molar-refractivity contribution >= 4 is 23.6 Å². The molecule has 2 saturated carbocycles. The molecule has 3 fully saturated rings. The highest BCUT2D eigenvalue weighted by Crippen LogP contribution is 2.44. The van der Waals surface area contributed by atoms with Crippen LogP contribution < -0.4 is 15.5 Å². The minimum Gasteiger partial charge on any atom is -0.447 e. The van der Waals surface area contributed by atoms with Crippen LogP contribution in [0.25, 0.3) is 0 Å². The molecule has 1 heterocycles. The lowest BCUT2D eigenvalue weighted by molar-refractivity contribution is -0.126. The maximum Gasteiger partial charge on any atom is 0.414 e. The summed E-state index contributed by atoms with van der Waals surface area (Å²) in [4.78, 5) is 40.6. The summed E-state index contributed by atoms with van der Waals surface area (Å²) in [5, 5.41) is 17.6. The molecule has 3 N–H and O–H groups in total.